The maximum absolute atomic E-state index is 15.8. The van der Waals surface area contributed by atoms with E-state index in [0.29, 0.717) is 16.6 Å². The summed E-state index contributed by atoms with van der Waals surface area (Å²) < 4.78 is 28.7. The number of amides is 1. The second-order valence-corrected chi connectivity index (χ2v) is 9.37. The molecule has 4 rings (SSSR count). The Morgan fingerprint density at radius 1 is 1.36 bits per heavy atom. The van der Waals surface area contributed by atoms with Gasteiger partial charge in [-0.3, -0.25) is 4.79 Å². The van der Waals surface area contributed by atoms with E-state index in [9.17, 15) is 9.59 Å². The van der Waals surface area contributed by atoms with Gasteiger partial charge in [0.15, 0.2) is 11.6 Å². The van der Waals surface area contributed by atoms with Crippen LogP contribution in [0.3, 0.4) is 0 Å². The van der Waals surface area contributed by atoms with E-state index in [2.05, 4.69) is 32.9 Å². The van der Waals surface area contributed by atoms with Gasteiger partial charge in [0.25, 0.3) is 5.91 Å². The number of primary amides is 1. The minimum atomic E-state index is -0.824. The predicted molar refractivity (Wildman–Crippen MR) is 131 cm³/mol. The summed E-state index contributed by atoms with van der Waals surface area (Å²) in [5, 5.41) is 3.26. The smallest absolute Gasteiger partial charge is 0.340 e. The third kappa shape index (κ3) is 5.07. The molecule has 1 heterocycles. The molecule has 1 saturated carbocycles. The molecule has 1 aliphatic rings. The lowest BCUT2D eigenvalue weighted by Gasteiger charge is -2.15. The molecule has 0 radical (unpaired) electrons. The molecule has 1 aromatic heterocycles. The number of esters is 1. The molecule has 1 amide bonds. The SMILES string of the molecule is COCCn1c(C(N)=O)nc2c(F)c(Nc3ccc(I)cc3Cl)c(C(=O)OCC3CC3)cc21. The molecule has 2 aromatic carbocycles. The number of hydrogen-bond acceptors (Lipinski definition) is 6. The molecule has 1 fully saturated rings. The highest BCUT2D eigenvalue weighted by atomic mass is 127. The van der Waals surface area contributed by atoms with Gasteiger partial charge < -0.3 is 25.1 Å². The Kier molecular flexibility index (Phi) is 7.05. The van der Waals surface area contributed by atoms with Gasteiger partial charge in [0.1, 0.15) is 5.52 Å². The molecular formula is C22H21ClFIN4O4. The second-order valence-electron chi connectivity index (χ2n) is 7.72. The van der Waals surface area contributed by atoms with E-state index < -0.39 is 17.7 Å². The van der Waals surface area contributed by atoms with Crippen LogP contribution in [0, 0.1) is 15.3 Å². The van der Waals surface area contributed by atoms with Crippen LogP contribution in [0.25, 0.3) is 11.0 Å². The average molecular weight is 587 g/mol. The van der Waals surface area contributed by atoms with Crippen LogP contribution < -0.4 is 11.1 Å². The Balaban J connectivity index is 1.87. The molecule has 33 heavy (non-hydrogen) atoms. The molecule has 174 valence electrons. The number of benzene rings is 2. The summed E-state index contributed by atoms with van der Waals surface area (Å²) in [6, 6.07) is 6.63. The van der Waals surface area contributed by atoms with E-state index in [0.717, 1.165) is 16.4 Å². The number of nitrogens with one attached hydrogen (secondary N) is 1. The van der Waals surface area contributed by atoms with E-state index in [4.69, 9.17) is 26.8 Å². The van der Waals surface area contributed by atoms with Crippen LogP contribution in [0.15, 0.2) is 24.3 Å². The van der Waals surface area contributed by atoms with Crippen LogP contribution in [-0.2, 0) is 16.0 Å². The number of nitrogens with zero attached hydrogens (tertiary/aromatic N) is 2. The molecule has 0 saturated heterocycles. The zero-order chi connectivity index (χ0) is 23.7. The molecule has 0 spiro atoms. The topological polar surface area (TPSA) is 108 Å². The molecule has 3 aromatic rings. The minimum absolute atomic E-state index is 0.0372. The van der Waals surface area contributed by atoms with Gasteiger partial charge in [0.05, 0.1) is 40.7 Å². The van der Waals surface area contributed by atoms with Gasteiger partial charge in [-0.25, -0.2) is 14.2 Å². The van der Waals surface area contributed by atoms with Crippen molar-refractivity contribution in [1.82, 2.24) is 9.55 Å². The first-order valence-electron chi connectivity index (χ1n) is 10.2. The fourth-order valence-corrected chi connectivity index (χ4v) is 4.28. The first kappa shape index (κ1) is 23.7. The standard InChI is InChI=1S/C22H21ClFIN4O4/c1-32-7-6-29-16-9-13(22(31)33-10-11-2-3-11)18(17(24)19(16)28-21(29)20(26)30)27-15-5-4-12(25)8-14(15)23/h4-5,8-9,11,27H,2-3,6-7,10H2,1H3,(H2,26,30). The summed E-state index contributed by atoms with van der Waals surface area (Å²) in [5.41, 5.74) is 5.82. The number of halogens is 3. The van der Waals surface area contributed by atoms with Crippen molar-refractivity contribution in [3.8, 4) is 0 Å². The normalized spacial score (nSPS) is 13.3. The third-order valence-electron chi connectivity index (χ3n) is 5.28. The number of rotatable bonds is 9. The minimum Gasteiger partial charge on any atom is -0.462 e. The van der Waals surface area contributed by atoms with E-state index in [-0.39, 0.29) is 47.9 Å². The molecule has 0 bridgehead atoms. The largest absolute Gasteiger partial charge is 0.462 e. The Morgan fingerprint density at radius 2 is 2.12 bits per heavy atom. The summed E-state index contributed by atoms with van der Waals surface area (Å²) in [7, 11) is 1.50. The number of aromatic nitrogens is 2. The van der Waals surface area contributed by atoms with Crippen molar-refractivity contribution in [3.63, 3.8) is 0 Å². The Labute approximate surface area is 207 Å². The first-order chi connectivity index (χ1) is 15.8. The maximum atomic E-state index is 15.8. The molecule has 11 heteroatoms. The van der Waals surface area contributed by atoms with E-state index >= 15 is 4.39 Å². The van der Waals surface area contributed by atoms with Crippen molar-refractivity contribution in [3.05, 3.63) is 50.1 Å². The van der Waals surface area contributed by atoms with Crippen LogP contribution in [0.2, 0.25) is 5.02 Å². The Morgan fingerprint density at radius 3 is 2.76 bits per heavy atom. The fourth-order valence-electron chi connectivity index (χ4n) is 3.38. The summed E-state index contributed by atoms with van der Waals surface area (Å²) in [5.74, 6) is -2.14. The second kappa shape index (κ2) is 9.82. The van der Waals surface area contributed by atoms with Crippen LogP contribution in [0.5, 0.6) is 0 Å². The lowest BCUT2D eigenvalue weighted by atomic mass is 10.1. The van der Waals surface area contributed by atoms with Crippen LogP contribution in [-0.4, -0.2) is 41.8 Å². The third-order valence-corrected chi connectivity index (χ3v) is 6.27. The molecule has 0 aliphatic heterocycles. The van der Waals surface area contributed by atoms with Gasteiger partial charge in [0.2, 0.25) is 0 Å². The monoisotopic (exact) mass is 586 g/mol. The highest BCUT2D eigenvalue weighted by molar-refractivity contribution is 14.1. The van der Waals surface area contributed by atoms with Crippen molar-refractivity contribution in [1.29, 1.82) is 0 Å². The number of carbonyl (C=O) groups excluding carboxylic acids is 2. The van der Waals surface area contributed by atoms with Crippen LogP contribution >= 0.6 is 34.2 Å². The number of methoxy groups -OCH3 is 1. The average Bonchev–Trinajstić information content (AvgIpc) is 3.53. The van der Waals surface area contributed by atoms with Crippen molar-refractivity contribution in [2.75, 3.05) is 25.6 Å². The number of fused-ring (bicyclic) bond motifs is 1. The molecular weight excluding hydrogens is 566 g/mol. The van der Waals surface area contributed by atoms with E-state index in [1.165, 1.54) is 17.7 Å². The van der Waals surface area contributed by atoms with E-state index in [1.54, 1.807) is 18.2 Å². The number of anilines is 2. The predicted octanol–water partition coefficient (Wildman–Crippen LogP) is 4.49. The van der Waals surface area contributed by atoms with Gasteiger partial charge in [0, 0.05) is 17.2 Å². The molecule has 0 unspecified atom stereocenters. The van der Waals surface area contributed by atoms with Crippen molar-refractivity contribution >= 4 is 68.5 Å². The number of nitrogens with two attached hydrogens (primary N) is 1. The van der Waals surface area contributed by atoms with E-state index in [1.807, 2.05) is 0 Å². The van der Waals surface area contributed by atoms with Gasteiger partial charge in [-0.1, -0.05) is 11.6 Å². The molecule has 1 aliphatic carbocycles. The number of carbonyl (C=O) groups is 2. The maximum Gasteiger partial charge on any atom is 0.340 e. The molecule has 0 atom stereocenters. The lowest BCUT2D eigenvalue weighted by Crippen LogP contribution is -2.19. The zero-order valence-corrected chi connectivity index (χ0v) is 20.6. The van der Waals surface area contributed by atoms with Gasteiger partial charge in [-0.05, 0) is 65.6 Å². The molecule has 8 nitrogen and oxygen atoms in total. The van der Waals surface area contributed by atoms with Crippen molar-refractivity contribution < 1.29 is 23.5 Å². The first-order valence-corrected chi connectivity index (χ1v) is 11.7. The highest BCUT2D eigenvalue weighted by Crippen LogP contribution is 2.35. The quantitative estimate of drug-likeness (QED) is 0.283. The van der Waals surface area contributed by atoms with Crippen molar-refractivity contribution in [2.45, 2.75) is 19.4 Å². The number of imidazole rings is 1. The van der Waals surface area contributed by atoms with Gasteiger partial charge >= 0.3 is 5.97 Å². The summed E-state index contributed by atoms with van der Waals surface area (Å²) in [6.07, 6.45) is 1.99. The van der Waals surface area contributed by atoms with Gasteiger partial charge in [-0.15, -0.1) is 0 Å². The van der Waals surface area contributed by atoms with Gasteiger partial charge in [-0.2, -0.15) is 0 Å². The number of hydrogen-bond donors (Lipinski definition) is 2. The van der Waals surface area contributed by atoms with Crippen LogP contribution in [0.1, 0.15) is 33.8 Å². The number of ether oxygens (including phenoxy) is 2. The Bertz CT molecular complexity index is 1250. The molecule has 3 N–H and O–H groups in total. The van der Waals surface area contributed by atoms with Crippen LogP contribution in [0.4, 0.5) is 15.8 Å². The highest BCUT2D eigenvalue weighted by Gasteiger charge is 2.28. The fraction of sp³-hybridized carbons (Fsp3) is 0.318. The Hall–Kier alpha value is -2.44. The summed E-state index contributed by atoms with van der Waals surface area (Å²) >= 11 is 8.43. The zero-order valence-electron chi connectivity index (χ0n) is 17.7. The summed E-state index contributed by atoms with van der Waals surface area (Å²) in [6.45, 7) is 0.682. The van der Waals surface area contributed by atoms with Crippen molar-refractivity contribution in [2.24, 2.45) is 11.7 Å². The summed E-state index contributed by atoms with van der Waals surface area (Å²) in [4.78, 5) is 29.1. The lowest BCUT2D eigenvalue weighted by molar-refractivity contribution is 0.0487.